The number of benzene rings is 1. The van der Waals surface area contributed by atoms with Gasteiger partial charge in [0.2, 0.25) is 0 Å². The molecule has 1 aromatic carbocycles. The van der Waals surface area contributed by atoms with Crippen LogP contribution < -0.4 is 4.90 Å². The van der Waals surface area contributed by atoms with Gasteiger partial charge < -0.3 is 0 Å². The van der Waals surface area contributed by atoms with Gasteiger partial charge in [0.15, 0.2) is 11.0 Å². The monoisotopic (exact) mass is 297 g/mol. The summed E-state index contributed by atoms with van der Waals surface area (Å²) in [5.41, 5.74) is 1.13. The fourth-order valence-electron chi connectivity index (χ4n) is 2.07. The Hall–Kier alpha value is -1.39. The summed E-state index contributed by atoms with van der Waals surface area (Å²) in [6, 6.07) is 2.92. The van der Waals surface area contributed by atoms with Crippen molar-refractivity contribution >= 4 is 45.6 Å². The van der Waals surface area contributed by atoms with Gasteiger partial charge in [-0.25, -0.2) is 9.38 Å². The summed E-state index contributed by atoms with van der Waals surface area (Å²) in [5.74, 6) is 0.0517. The van der Waals surface area contributed by atoms with Crippen molar-refractivity contribution in [1.82, 2.24) is 0 Å². The smallest absolute Gasteiger partial charge is 0.172 e. The average molecular weight is 298 g/mol. The van der Waals surface area contributed by atoms with Gasteiger partial charge in [-0.3, -0.25) is 9.89 Å². The van der Waals surface area contributed by atoms with E-state index in [1.807, 2.05) is 19.2 Å². The second kappa shape index (κ2) is 4.62. The summed E-state index contributed by atoms with van der Waals surface area (Å²) < 4.78 is 13.6. The van der Waals surface area contributed by atoms with Crippen LogP contribution in [0.3, 0.4) is 0 Å². The molecule has 1 aromatic rings. The Bertz CT molecular complexity index is 637. The Morgan fingerprint density at radius 2 is 2.16 bits per heavy atom. The molecule has 3 rings (SSSR count). The molecule has 0 aliphatic carbocycles. The quantitative estimate of drug-likeness (QED) is 0.703. The molecule has 1 unspecified atom stereocenters. The number of rotatable bonds is 0. The first-order valence-corrected chi connectivity index (χ1v) is 6.59. The van der Waals surface area contributed by atoms with Crippen LogP contribution in [0.5, 0.6) is 0 Å². The van der Waals surface area contributed by atoms with E-state index in [0.29, 0.717) is 17.2 Å². The largest absolute Gasteiger partial charge is 0.298 e. The molecule has 2 aliphatic heterocycles. The molecule has 2 aliphatic rings. The Morgan fingerprint density at radius 1 is 1.37 bits per heavy atom. The third kappa shape index (κ3) is 2.15. The third-order valence-corrected chi connectivity index (χ3v) is 3.53. The molecule has 6 heteroatoms. The summed E-state index contributed by atoms with van der Waals surface area (Å²) in [4.78, 5) is 10.5. The highest BCUT2D eigenvalue weighted by molar-refractivity contribution is 6.85. The standard InChI is InChI=1S/C13H10Cl2FN3/c1-7-3-2-4-19-11-6-9(16)8(14)5-10(11)18-12(15)13(19)17-7/h2,4-7H,3H2,1H3. The van der Waals surface area contributed by atoms with Gasteiger partial charge in [-0.05, 0) is 19.4 Å². The van der Waals surface area contributed by atoms with Crippen LogP contribution in [0.15, 0.2) is 34.4 Å². The first-order chi connectivity index (χ1) is 9.06. The van der Waals surface area contributed by atoms with Crippen molar-refractivity contribution in [3.05, 3.63) is 35.2 Å². The van der Waals surface area contributed by atoms with E-state index < -0.39 is 5.82 Å². The number of aliphatic imine (C=N–C) groups is 2. The molecule has 0 spiro atoms. The zero-order valence-corrected chi connectivity index (χ0v) is 11.6. The van der Waals surface area contributed by atoms with E-state index in [1.54, 1.807) is 4.90 Å². The highest BCUT2D eigenvalue weighted by atomic mass is 35.5. The summed E-state index contributed by atoms with van der Waals surface area (Å²) in [6.45, 7) is 1.99. The van der Waals surface area contributed by atoms with Gasteiger partial charge in [-0.1, -0.05) is 29.3 Å². The number of anilines is 1. The maximum atomic E-state index is 13.6. The highest BCUT2D eigenvalue weighted by Gasteiger charge is 2.27. The van der Waals surface area contributed by atoms with Crippen LogP contribution in [-0.4, -0.2) is 17.0 Å². The Morgan fingerprint density at radius 3 is 2.95 bits per heavy atom. The maximum absolute atomic E-state index is 13.6. The van der Waals surface area contributed by atoms with Crippen molar-refractivity contribution in [3.8, 4) is 0 Å². The first kappa shape index (κ1) is 12.6. The normalized spacial score (nSPS) is 21.3. The predicted octanol–water partition coefficient (Wildman–Crippen LogP) is 4.27. The van der Waals surface area contributed by atoms with Gasteiger partial charge in [0.25, 0.3) is 0 Å². The van der Waals surface area contributed by atoms with Gasteiger partial charge in [-0.15, -0.1) is 0 Å². The van der Waals surface area contributed by atoms with Crippen molar-refractivity contribution in [2.45, 2.75) is 19.4 Å². The molecule has 0 N–H and O–H groups in total. The molecule has 0 aromatic heterocycles. The Kier molecular flexibility index (Phi) is 3.07. The second-order valence-corrected chi connectivity index (χ2v) is 5.22. The van der Waals surface area contributed by atoms with Gasteiger partial charge in [0.05, 0.1) is 22.4 Å². The molecule has 1 atom stereocenters. The SMILES string of the molecule is CC1CC=CN2C(=N1)C(Cl)=Nc1cc(Cl)c(F)cc12. The minimum absolute atomic E-state index is 0.0273. The van der Waals surface area contributed by atoms with Crippen LogP contribution in [0.2, 0.25) is 5.02 Å². The number of hydrogen-bond donors (Lipinski definition) is 0. The van der Waals surface area contributed by atoms with Gasteiger partial charge >= 0.3 is 0 Å². The van der Waals surface area contributed by atoms with E-state index in [0.717, 1.165) is 6.42 Å². The van der Waals surface area contributed by atoms with E-state index in [2.05, 4.69) is 9.98 Å². The lowest BCUT2D eigenvalue weighted by Gasteiger charge is -2.26. The summed E-state index contributed by atoms with van der Waals surface area (Å²) >= 11 is 11.9. The van der Waals surface area contributed by atoms with Crippen LogP contribution in [0.4, 0.5) is 15.8 Å². The molecule has 3 nitrogen and oxygen atoms in total. The van der Waals surface area contributed by atoms with E-state index in [1.165, 1.54) is 12.1 Å². The molecule has 19 heavy (non-hydrogen) atoms. The molecule has 0 saturated carbocycles. The second-order valence-electron chi connectivity index (χ2n) is 4.45. The summed E-state index contributed by atoms with van der Waals surface area (Å²) in [7, 11) is 0. The van der Waals surface area contributed by atoms with Crippen LogP contribution in [0, 0.1) is 5.82 Å². The number of nitrogens with zero attached hydrogens (tertiary/aromatic N) is 3. The zero-order chi connectivity index (χ0) is 13.6. The Balaban J connectivity index is 2.23. The average Bonchev–Trinajstić information content (AvgIpc) is 2.54. The lowest BCUT2D eigenvalue weighted by Crippen LogP contribution is -2.33. The molecule has 0 saturated heterocycles. The topological polar surface area (TPSA) is 28.0 Å². The van der Waals surface area contributed by atoms with Crippen molar-refractivity contribution in [2.75, 3.05) is 4.90 Å². The van der Waals surface area contributed by atoms with Crippen LogP contribution >= 0.6 is 23.2 Å². The number of amidine groups is 1. The number of hydrogen-bond acceptors (Lipinski definition) is 3. The molecule has 0 amide bonds. The van der Waals surface area contributed by atoms with Crippen LogP contribution in [0.25, 0.3) is 0 Å². The minimum Gasteiger partial charge on any atom is -0.298 e. The fraction of sp³-hybridized carbons (Fsp3) is 0.231. The highest BCUT2D eigenvalue weighted by Crippen LogP contribution is 2.38. The van der Waals surface area contributed by atoms with Gasteiger partial charge in [0.1, 0.15) is 5.82 Å². The summed E-state index contributed by atoms with van der Waals surface area (Å²) in [6.07, 6.45) is 4.62. The lowest BCUT2D eigenvalue weighted by molar-refractivity contribution is 0.628. The van der Waals surface area contributed by atoms with Crippen molar-refractivity contribution in [1.29, 1.82) is 0 Å². The van der Waals surface area contributed by atoms with E-state index >= 15 is 0 Å². The fourth-order valence-corrected chi connectivity index (χ4v) is 2.46. The number of fused-ring (bicyclic) bond motifs is 3. The Labute approximate surface area is 120 Å². The van der Waals surface area contributed by atoms with E-state index in [4.69, 9.17) is 23.2 Å². The van der Waals surface area contributed by atoms with Crippen molar-refractivity contribution in [2.24, 2.45) is 9.98 Å². The molecule has 98 valence electrons. The minimum atomic E-state index is -0.487. The van der Waals surface area contributed by atoms with E-state index in [9.17, 15) is 4.39 Å². The van der Waals surface area contributed by atoms with Crippen LogP contribution in [-0.2, 0) is 0 Å². The molecule has 0 fully saturated rings. The zero-order valence-electron chi connectivity index (χ0n) is 10.1. The lowest BCUT2D eigenvalue weighted by atomic mass is 10.2. The van der Waals surface area contributed by atoms with Crippen molar-refractivity contribution in [3.63, 3.8) is 0 Å². The predicted molar refractivity (Wildman–Crippen MR) is 77.5 cm³/mol. The summed E-state index contributed by atoms with van der Waals surface area (Å²) in [5, 5.41) is 0.313. The molecule has 2 heterocycles. The first-order valence-electron chi connectivity index (χ1n) is 5.83. The maximum Gasteiger partial charge on any atom is 0.172 e. The van der Waals surface area contributed by atoms with Crippen molar-refractivity contribution < 1.29 is 4.39 Å². The molecule has 0 radical (unpaired) electrons. The van der Waals surface area contributed by atoms with Gasteiger partial charge in [0, 0.05) is 12.3 Å². The molecular formula is C13H10Cl2FN3. The van der Waals surface area contributed by atoms with E-state index in [-0.39, 0.29) is 16.2 Å². The van der Waals surface area contributed by atoms with Gasteiger partial charge in [-0.2, -0.15) is 0 Å². The number of halogens is 3. The van der Waals surface area contributed by atoms with Crippen LogP contribution in [0.1, 0.15) is 13.3 Å². The third-order valence-electron chi connectivity index (χ3n) is 2.98. The molecule has 0 bridgehead atoms. The molecular weight excluding hydrogens is 288 g/mol.